The van der Waals surface area contributed by atoms with Crippen molar-refractivity contribution >= 4 is 28.1 Å². The number of aromatic amines is 1. The molecule has 0 unspecified atom stereocenters. The molecule has 0 spiro atoms. The van der Waals surface area contributed by atoms with E-state index in [1.165, 1.54) is 9.75 Å². The van der Waals surface area contributed by atoms with Crippen LogP contribution in [0.1, 0.15) is 21.8 Å². The molecule has 3 saturated heterocycles. The fourth-order valence-corrected chi connectivity index (χ4v) is 4.72. The van der Waals surface area contributed by atoms with Gasteiger partial charge >= 0.3 is 0 Å². The number of carbonyl (C=O) groups is 1. The second kappa shape index (κ2) is 4.91. The Balaban J connectivity index is 1.55. The topological polar surface area (TPSA) is 52.2 Å². The Labute approximate surface area is 143 Å². The van der Waals surface area contributed by atoms with E-state index in [0.29, 0.717) is 11.7 Å². The van der Waals surface area contributed by atoms with E-state index in [-0.39, 0.29) is 12.1 Å². The average Bonchev–Trinajstić information content (AvgIpc) is 3.34. The fourth-order valence-electron chi connectivity index (χ4n) is 3.85. The monoisotopic (exact) mass is 338 g/mol. The summed E-state index contributed by atoms with van der Waals surface area (Å²) in [6.07, 6.45) is 1.34. The van der Waals surface area contributed by atoms with Crippen LogP contribution in [0.25, 0.3) is 21.3 Å². The van der Waals surface area contributed by atoms with E-state index in [9.17, 15) is 4.79 Å². The second-order valence-corrected chi connectivity index (χ2v) is 8.02. The van der Waals surface area contributed by atoms with Crippen LogP contribution in [-0.4, -0.2) is 51.7 Å². The molecule has 0 radical (unpaired) electrons. The smallest absolute Gasteiger partial charge is 0.276 e. The third-order valence-electron chi connectivity index (χ3n) is 5.35. The quantitative estimate of drug-likeness (QED) is 0.781. The van der Waals surface area contributed by atoms with E-state index in [1.807, 2.05) is 11.0 Å². The van der Waals surface area contributed by atoms with Crippen molar-refractivity contribution in [2.24, 2.45) is 0 Å². The predicted octanol–water partition coefficient (Wildman–Crippen LogP) is 3.09. The van der Waals surface area contributed by atoms with Crippen molar-refractivity contribution in [3.05, 3.63) is 40.9 Å². The first kappa shape index (κ1) is 14.2. The van der Waals surface area contributed by atoms with Crippen LogP contribution in [0, 0.1) is 6.92 Å². The molecule has 2 bridgehead atoms. The van der Waals surface area contributed by atoms with Gasteiger partial charge in [0.15, 0.2) is 5.69 Å². The number of aryl methyl sites for hydroxylation is 1. The highest BCUT2D eigenvalue weighted by Gasteiger charge is 2.50. The normalized spacial score (nSPS) is 23.0. The van der Waals surface area contributed by atoms with Gasteiger partial charge in [-0.25, -0.2) is 0 Å². The van der Waals surface area contributed by atoms with Crippen molar-refractivity contribution in [2.45, 2.75) is 25.6 Å². The van der Waals surface area contributed by atoms with Gasteiger partial charge in [-0.3, -0.25) is 14.8 Å². The molecule has 0 saturated carbocycles. The number of nitrogens with zero attached hydrogens (tertiary/aromatic N) is 3. The molecule has 6 heteroatoms. The van der Waals surface area contributed by atoms with Crippen molar-refractivity contribution in [1.82, 2.24) is 20.0 Å². The molecule has 0 aliphatic carbocycles. The van der Waals surface area contributed by atoms with Gasteiger partial charge in [0.2, 0.25) is 0 Å². The van der Waals surface area contributed by atoms with E-state index in [0.717, 1.165) is 29.4 Å². The molecule has 5 nitrogen and oxygen atoms in total. The Hall–Kier alpha value is -2.18. The van der Waals surface area contributed by atoms with Gasteiger partial charge in [0.1, 0.15) is 0 Å². The number of nitrogens with one attached hydrogen (secondary N) is 1. The second-order valence-electron chi connectivity index (χ2n) is 6.74. The van der Waals surface area contributed by atoms with Gasteiger partial charge in [0, 0.05) is 27.7 Å². The molecule has 5 heterocycles. The highest BCUT2D eigenvalue weighted by Crippen LogP contribution is 2.37. The SMILES string of the molecule is Cc1ccc(-c2ccc3[nH]nc(C(=O)N4C[C@@H]5C[C@@H]4N5C)c3c2)s1. The number of likely N-dealkylation sites (N-methyl/N-ethyl adjacent to an activating group) is 1. The molecule has 2 atom stereocenters. The summed E-state index contributed by atoms with van der Waals surface area (Å²) in [6, 6.07) is 11.0. The Bertz CT molecular complexity index is 959. The fraction of sp³-hybridized carbons (Fsp3) is 0.333. The van der Waals surface area contributed by atoms with E-state index < -0.39 is 0 Å². The van der Waals surface area contributed by atoms with Crippen LogP contribution in [0.4, 0.5) is 0 Å². The molecular weight excluding hydrogens is 320 g/mol. The Morgan fingerprint density at radius 2 is 2.21 bits per heavy atom. The number of fused-ring (bicyclic) bond motifs is 2. The summed E-state index contributed by atoms with van der Waals surface area (Å²) in [7, 11) is 2.09. The average molecular weight is 338 g/mol. The molecule has 1 aromatic carbocycles. The van der Waals surface area contributed by atoms with Gasteiger partial charge in [-0.1, -0.05) is 6.07 Å². The van der Waals surface area contributed by atoms with Crippen LogP contribution in [0.5, 0.6) is 0 Å². The number of hydrogen-bond donors (Lipinski definition) is 1. The molecular formula is C18H18N4OS. The van der Waals surface area contributed by atoms with Crippen LogP contribution >= 0.6 is 11.3 Å². The number of carbonyl (C=O) groups excluding carboxylic acids is 1. The van der Waals surface area contributed by atoms with Gasteiger partial charge in [-0.15, -0.1) is 11.3 Å². The summed E-state index contributed by atoms with van der Waals surface area (Å²) in [6.45, 7) is 2.92. The maximum atomic E-state index is 13.0. The first-order valence-corrected chi connectivity index (χ1v) is 9.01. The van der Waals surface area contributed by atoms with E-state index in [4.69, 9.17) is 0 Å². The van der Waals surface area contributed by atoms with E-state index >= 15 is 0 Å². The molecule has 122 valence electrons. The minimum Gasteiger partial charge on any atom is -0.320 e. The van der Waals surface area contributed by atoms with E-state index in [1.54, 1.807) is 11.3 Å². The largest absolute Gasteiger partial charge is 0.320 e. The number of H-pyrrole nitrogens is 1. The van der Waals surface area contributed by atoms with Crippen LogP contribution < -0.4 is 0 Å². The Morgan fingerprint density at radius 3 is 2.88 bits per heavy atom. The summed E-state index contributed by atoms with van der Waals surface area (Å²) >= 11 is 1.77. The van der Waals surface area contributed by atoms with Crippen molar-refractivity contribution < 1.29 is 4.79 Å². The zero-order valence-electron chi connectivity index (χ0n) is 13.6. The van der Waals surface area contributed by atoms with Crippen LogP contribution in [0.2, 0.25) is 0 Å². The maximum absolute atomic E-state index is 13.0. The minimum atomic E-state index is 0.0395. The summed E-state index contributed by atoms with van der Waals surface area (Å²) in [4.78, 5) is 19.7. The lowest BCUT2D eigenvalue weighted by Gasteiger charge is -2.37. The standard InChI is InChI=1S/C18H18N4OS/c1-10-3-6-15(24-10)11-4-5-14-13(7-11)17(20-19-14)18(23)22-9-12-8-16(22)21(12)2/h3-7,12,16H,8-9H2,1-2H3,(H,19,20)/t12-,16+/m0/s1. The Kier molecular flexibility index (Phi) is 2.90. The third-order valence-corrected chi connectivity index (χ3v) is 6.40. The summed E-state index contributed by atoms with van der Waals surface area (Å²) < 4.78 is 0. The minimum absolute atomic E-state index is 0.0395. The molecule has 1 amide bonds. The number of rotatable bonds is 2. The molecule has 3 aromatic rings. The van der Waals surface area contributed by atoms with Crippen LogP contribution in [-0.2, 0) is 0 Å². The maximum Gasteiger partial charge on any atom is 0.276 e. The lowest BCUT2D eigenvalue weighted by atomic mass is 10.1. The highest BCUT2D eigenvalue weighted by atomic mass is 32.1. The molecule has 2 aromatic heterocycles. The molecule has 3 aliphatic heterocycles. The lowest BCUT2D eigenvalue weighted by molar-refractivity contribution is 0.0434. The molecule has 1 N–H and O–H groups in total. The lowest BCUT2D eigenvalue weighted by Crippen LogP contribution is -2.50. The van der Waals surface area contributed by atoms with Gasteiger partial charge in [0.25, 0.3) is 5.91 Å². The van der Waals surface area contributed by atoms with Gasteiger partial charge in [-0.2, -0.15) is 5.10 Å². The molecule has 3 aliphatic rings. The van der Waals surface area contributed by atoms with Crippen molar-refractivity contribution in [3.8, 4) is 10.4 Å². The predicted molar refractivity (Wildman–Crippen MR) is 95.1 cm³/mol. The van der Waals surface area contributed by atoms with Crippen LogP contribution in [0.15, 0.2) is 30.3 Å². The number of aromatic nitrogens is 2. The van der Waals surface area contributed by atoms with Crippen molar-refractivity contribution in [2.75, 3.05) is 13.6 Å². The van der Waals surface area contributed by atoms with Gasteiger partial charge in [0.05, 0.1) is 11.7 Å². The van der Waals surface area contributed by atoms with Gasteiger partial charge in [-0.05, 0) is 50.2 Å². The third kappa shape index (κ3) is 1.90. The Morgan fingerprint density at radius 1 is 1.33 bits per heavy atom. The number of amides is 1. The zero-order valence-corrected chi connectivity index (χ0v) is 14.4. The first-order chi connectivity index (χ1) is 11.6. The van der Waals surface area contributed by atoms with Crippen molar-refractivity contribution in [1.29, 1.82) is 0 Å². The van der Waals surface area contributed by atoms with Crippen LogP contribution in [0.3, 0.4) is 0 Å². The zero-order chi connectivity index (χ0) is 16.4. The molecule has 24 heavy (non-hydrogen) atoms. The first-order valence-electron chi connectivity index (χ1n) is 8.19. The highest BCUT2D eigenvalue weighted by molar-refractivity contribution is 7.15. The van der Waals surface area contributed by atoms with E-state index in [2.05, 4.69) is 53.3 Å². The van der Waals surface area contributed by atoms with Gasteiger partial charge < -0.3 is 4.90 Å². The van der Waals surface area contributed by atoms with Crippen molar-refractivity contribution in [3.63, 3.8) is 0 Å². The number of benzene rings is 1. The summed E-state index contributed by atoms with van der Waals surface area (Å²) in [5, 5.41) is 8.25. The molecule has 6 rings (SSSR count). The summed E-state index contributed by atoms with van der Waals surface area (Å²) in [5.41, 5.74) is 2.59. The number of hydrogen-bond acceptors (Lipinski definition) is 4. The summed E-state index contributed by atoms with van der Waals surface area (Å²) in [5.74, 6) is 0.0395. The number of thiophene rings is 1. The molecule has 3 fully saturated rings.